The van der Waals surface area contributed by atoms with Crippen LogP contribution in [0.1, 0.15) is 38.7 Å². The first-order valence-corrected chi connectivity index (χ1v) is 10.3. The Morgan fingerprint density at radius 3 is 2.50 bits per heavy atom. The summed E-state index contributed by atoms with van der Waals surface area (Å²) in [6.45, 7) is 7.28. The van der Waals surface area contributed by atoms with Crippen molar-refractivity contribution in [3.05, 3.63) is 35.9 Å². The van der Waals surface area contributed by atoms with Crippen LogP contribution in [0.25, 0.3) is 0 Å². The summed E-state index contributed by atoms with van der Waals surface area (Å²) >= 11 is 1.80. The Balaban J connectivity index is 1.85. The van der Waals surface area contributed by atoms with E-state index >= 15 is 0 Å². The summed E-state index contributed by atoms with van der Waals surface area (Å²) in [7, 11) is 2.01. The monoisotopic (exact) mass is 348 g/mol. The predicted molar refractivity (Wildman–Crippen MR) is 104 cm³/mol. The molecule has 0 spiro atoms. The van der Waals surface area contributed by atoms with E-state index in [4.69, 9.17) is 0 Å². The molecule has 1 aliphatic rings. The lowest BCUT2D eigenvalue weighted by molar-refractivity contribution is -0.132. The fourth-order valence-electron chi connectivity index (χ4n) is 3.28. The molecule has 1 aliphatic heterocycles. The average Bonchev–Trinajstić information content (AvgIpc) is 2.61. The minimum atomic E-state index is 0.0686. The highest BCUT2D eigenvalue weighted by atomic mass is 32.2. The van der Waals surface area contributed by atoms with Crippen LogP contribution in [0.3, 0.4) is 0 Å². The van der Waals surface area contributed by atoms with Crippen LogP contribution in [0, 0.1) is 11.8 Å². The van der Waals surface area contributed by atoms with Gasteiger partial charge in [0.2, 0.25) is 5.91 Å². The zero-order valence-electron chi connectivity index (χ0n) is 15.3. The van der Waals surface area contributed by atoms with Gasteiger partial charge >= 0.3 is 0 Å². The van der Waals surface area contributed by atoms with Gasteiger partial charge in [-0.15, -0.1) is 11.8 Å². The lowest BCUT2D eigenvalue weighted by Gasteiger charge is -2.35. The molecule has 1 unspecified atom stereocenters. The molecule has 2 rings (SSSR count). The number of benzene rings is 1. The van der Waals surface area contributed by atoms with E-state index < -0.39 is 0 Å². The molecule has 1 amide bonds. The van der Waals surface area contributed by atoms with Gasteiger partial charge in [-0.25, -0.2) is 0 Å². The third kappa shape index (κ3) is 5.82. The van der Waals surface area contributed by atoms with Crippen LogP contribution in [-0.2, 0) is 10.5 Å². The number of nitrogens with one attached hydrogen (secondary N) is 1. The molecule has 1 aromatic carbocycles. The quantitative estimate of drug-likeness (QED) is 0.776. The highest BCUT2D eigenvalue weighted by Gasteiger charge is 2.30. The van der Waals surface area contributed by atoms with Gasteiger partial charge in [0.1, 0.15) is 0 Å². The van der Waals surface area contributed by atoms with Crippen molar-refractivity contribution in [3.8, 4) is 0 Å². The maximum Gasteiger partial charge on any atom is 0.235 e. The molecule has 0 saturated carbocycles. The van der Waals surface area contributed by atoms with Crippen molar-refractivity contribution in [2.75, 3.05) is 26.7 Å². The first-order chi connectivity index (χ1) is 11.6. The minimum Gasteiger partial charge on any atom is -0.342 e. The molecule has 1 N–H and O–H groups in total. The molecule has 1 saturated heterocycles. The Labute approximate surface area is 151 Å². The van der Waals surface area contributed by atoms with Gasteiger partial charge in [-0.1, -0.05) is 44.2 Å². The van der Waals surface area contributed by atoms with Gasteiger partial charge in [0.25, 0.3) is 0 Å². The second kappa shape index (κ2) is 10.1. The molecule has 0 radical (unpaired) electrons. The van der Waals surface area contributed by atoms with Crippen LogP contribution in [0.4, 0.5) is 0 Å². The van der Waals surface area contributed by atoms with Gasteiger partial charge in [0.05, 0.1) is 5.25 Å². The number of carbonyl (C=O) groups is 1. The second-order valence-corrected chi connectivity index (χ2v) is 8.25. The molecule has 0 aromatic heterocycles. The molecule has 4 heteroatoms. The molecular formula is C20H32N2OS. The van der Waals surface area contributed by atoms with Crippen molar-refractivity contribution in [1.29, 1.82) is 0 Å². The molecule has 1 aromatic rings. The Morgan fingerprint density at radius 2 is 1.92 bits per heavy atom. The van der Waals surface area contributed by atoms with E-state index in [-0.39, 0.29) is 5.25 Å². The molecule has 24 heavy (non-hydrogen) atoms. The highest BCUT2D eigenvalue weighted by Crippen LogP contribution is 2.28. The fraction of sp³-hybridized carbons (Fsp3) is 0.650. The number of carbonyl (C=O) groups excluding carboxylic acids is 1. The molecule has 1 heterocycles. The number of rotatable bonds is 8. The fourth-order valence-corrected chi connectivity index (χ4v) is 4.52. The molecule has 134 valence electrons. The number of nitrogens with zero attached hydrogens (tertiary/aromatic N) is 1. The first kappa shape index (κ1) is 19.3. The SMILES string of the molecule is CNCCC1CCN(C(=O)C(SCc2ccccc2)C(C)C)CC1. The summed E-state index contributed by atoms with van der Waals surface area (Å²) in [4.78, 5) is 15.1. The van der Waals surface area contributed by atoms with Crippen molar-refractivity contribution < 1.29 is 4.79 Å². The standard InChI is InChI=1S/C20H32N2OS/c1-16(2)19(24-15-18-7-5-4-6-8-18)20(23)22-13-10-17(11-14-22)9-12-21-3/h4-8,16-17,19,21H,9-15H2,1-3H3. The van der Waals surface area contributed by atoms with Gasteiger partial charge < -0.3 is 10.2 Å². The van der Waals surface area contributed by atoms with Crippen LogP contribution in [-0.4, -0.2) is 42.7 Å². The van der Waals surface area contributed by atoms with Crippen molar-refractivity contribution in [2.24, 2.45) is 11.8 Å². The van der Waals surface area contributed by atoms with E-state index in [0.717, 1.165) is 44.1 Å². The van der Waals surface area contributed by atoms with E-state index in [2.05, 4.69) is 48.3 Å². The van der Waals surface area contributed by atoms with Crippen molar-refractivity contribution in [1.82, 2.24) is 10.2 Å². The summed E-state index contributed by atoms with van der Waals surface area (Å²) in [5, 5.41) is 3.30. The number of likely N-dealkylation sites (tertiary alicyclic amines) is 1. The van der Waals surface area contributed by atoms with Crippen molar-refractivity contribution >= 4 is 17.7 Å². The van der Waals surface area contributed by atoms with Crippen LogP contribution < -0.4 is 5.32 Å². The van der Waals surface area contributed by atoms with Crippen molar-refractivity contribution in [2.45, 2.75) is 44.1 Å². The average molecular weight is 349 g/mol. The Hall–Kier alpha value is -1.00. The number of amides is 1. The third-order valence-electron chi connectivity index (χ3n) is 4.85. The maximum atomic E-state index is 13.0. The first-order valence-electron chi connectivity index (χ1n) is 9.20. The summed E-state index contributed by atoms with van der Waals surface area (Å²) < 4.78 is 0. The summed E-state index contributed by atoms with van der Waals surface area (Å²) in [6, 6.07) is 10.5. The Bertz CT molecular complexity index is 484. The maximum absolute atomic E-state index is 13.0. The van der Waals surface area contributed by atoms with Crippen molar-refractivity contribution in [3.63, 3.8) is 0 Å². The Morgan fingerprint density at radius 1 is 1.25 bits per heavy atom. The van der Waals surface area contributed by atoms with Crippen LogP contribution in [0.5, 0.6) is 0 Å². The van der Waals surface area contributed by atoms with Gasteiger partial charge in [-0.3, -0.25) is 4.79 Å². The zero-order valence-corrected chi connectivity index (χ0v) is 16.1. The summed E-state index contributed by atoms with van der Waals surface area (Å²) in [5.74, 6) is 2.40. The van der Waals surface area contributed by atoms with Crippen LogP contribution in [0.2, 0.25) is 0 Å². The minimum absolute atomic E-state index is 0.0686. The molecule has 0 aliphatic carbocycles. The van der Waals surface area contributed by atoms with Gasteiger partial charge in [0, 0.05) is 18.8 Å². The van der Waals surface area contributed by atoms with E-state index in [1.54, 1.807) is 11.8 Å². The lowest BCUT2D eigenvalue weighted by atomic mass is 9.93. The van der Waals surface area contributed by atoms with Gasteiger partial charge in [-0.2, -0.15) is 0 Å². The van der Waals surface area contributed by atoms with Gasteiger partial charge in [0.15, 0.2) is 0 Å². The molecule has 3 nitrogen and oxygen atoms in total. The number of piperidine rings is 1. The second-order valence-electron chi connectivity index (χ2n) is 7.12. The highest BCUT2D eigenvalue weighted by molar-refractivity contribution is 7.99. The smallest absolute Gasteiger partial charge is 0.235 e. The van der Waals surface area contributed by atoms with Crippen LogP contribution in [0.15, 0.2) is 30.3 Å². The van der Waals surface area contributed by atoms with E-state index in [1.807, 2.05) is 13.1 Å². The zero-order chi connectivity index (χ0) is 17.4. The lowest BCUT2D eigenvalue weighted by Crippen LogP contribution is -2.44. The summed E-state index contributed by atoms with van der Waals surface area (Å²) in [6.07, 6.45) is 3.54. The van der Waals surface area contributed by atoms with Gasteiger partial charge in [-0.05, 0) is 50.3 Å². The van der Waals surface area contributed by atoms with E-state index in [1.165, 1.54) is 12.0 Å². The predicted octanol–water partition coefficient (Wildman–Crippen LogP) is 3.79. The number of hydrogen-bond acceptors (Lipinski definition) is 3. The number of thioether (sulfide) groups is 1. The van der Waals surface area contributed by atoms with Crippen LogP contribution >= 0.6 is 11.8 Å². The van der Waals surface area contributed by atoms with E-state index in [0.29, 0.717) is 11.8 Å². The molecule has 1 atom stereocenters. The molecule has 1 fully saturated rings. The summed E-state index contributed by atoms with van der Waals surface area (Å²) in [5.41, 5.74) is 1.30. The van der Waals surface area contributed by atoms with E-state index in [9.17, 15) is 4.79 Å². The third-order valence-corrected chi connectivity index (χ3v) is 6.46. The number of hydrogen-bond donors (Lipinski definition) is 1. The Kier molecular flexibility index (Phi) is 8.13. The molecular weight excluding hydrogens is 316 g/mol. The normalized spacial score (nSPS) is 17.2. The molecule has 0 bridgehead atoms. The topological polar surface area (TPSA) is 32.3 Å². The largest absolute Gasteiger partial charge is 0.342 e.